The molecule has 0 aliphatic heterocycles. The first-order chi connectivity index (χ1) is 11.8. The summed E-state index contributed by atoms with van der Waals surface area (Å²) >= 11 is 0. The van der Waals surface area contributed by atoms with Gasteiger partial charge >= 0.3 is 0 Å². The third kappa shape index (κ3) is 2.60. The Morgan fingerprint density at radius 3 is 2.58 bits per heavy atom. The molecular weight excluding hydrogens is 302 g/mol. The number of ketones is 1. The number of hydrogen-bond donors (Lipinski definition) is 0. The number of rotatable bonds is 5. The van der Waals surface area contributed by atoms with Crippen LogP contribution < -0.4 is 0 Å². The minimum Gasteiger partial charge on any atom is -0.461 e. The minimum atomic E-state index is -0.240. The average Bonchev–Trinajstić information content (AvgIpc) is 3.30. The molecule has 0 aliphatic carbocycles. The zero-order valence-electron chi connectivity index (χ0n) is 12.9. The van der Waals surface area contributed by atoms with Gasteiger partial charge in [0.1, 0.15) is 5.52 Å². The first-order valence-electron chi connectivity index (χ1n) is 7.74. The second kappa shape index (κ2) is 6.12. The highest BCUT2D eigenvalue weighted by Crippen LogP contribution is 2.26. The van der Waals surface area contributed by atoms with Crippen molar-refractivity contribution in [2.75, 3.05) is 0 Å². The van der Waals surface area contributed by atoms with E-state index in [0.29, 0.717) is 5.76 Å². The van der Waals surface area contributed by atoms with Gasteiger partial charge in [0, 0.05) is 6.42 Å². The summed E-state index contributed by atoms with van der Waals surface area (Å²) in [4.78, 5) is 12.6. The van der Waals surface area contributed by atoms with Crippen LogP contribution in [-0.4, -0.2) is 20.8 Å². The fourth-order valence-electron chi connectivity index (χ4n) is 2.85. The van der Waals surface area contributed by atoms with Crippen LogP contribution in [0.25, 0.3) is 11.0 Å². The Hall–Kier alpha value is -3.21. The summed E-state index contributed by atoms with van der Waals surface area (Å²) in [6.45, 7) is 0. The quantitative estimate of drug-likeness (QED) is 0.524. The summed E-state index contributed by atoms with van der Waals surface area (Å²) in [6.07, 6.45) is 1.76. The Kier molecular flexibility index (Phi) is 3.67. The van der Waals surface area contributed by atoms with Gasteiger partial charge in [-0.2, -0.15) is 0 Å². The Bertz CT molecular complexity index is 959. The van der Waals surface area contributed by atoms with Gasteiger partial charge in [-0.15, -0.1) is 5.10 Å². The standard InChI is InChI=1S/C19H15N3O2/c23-18(19-11-6-12-24-19)13-17(14-7-2-1-3-8-14)22-16-10-5-4-9-15(16)20-21-22/h1-12,17H,13H2. The van der Waals surface area contributed by atoms with Gasteiger partial charge in [-0.1, -0.05) is 47.7 Å². The predicted molar refractivity (Wildman–Crippen MR) is 89.8 cm³/mol. The molecule has 1 atom stereocenters. The summed E-state index contributed by atoms with van der Waals surface area (Å²) in [7, 11) is 0. The minimum absolute atomic E-state index is 0.0616. The Labute approximate surface area is 138 Å². The first kappa shape index (κ1) is 14.4. The Balaban J connectivity index is 1.77. The van der Waals surface area contributed by atoms with E-state index in [1.165, 1.54) is 6.26 Å². The number of nitrogens with zero attached hydrogens (tertiary/aromatic N) is 3. The number of hydrogen-bond acceptors (Lipinski definition) is 4. The Morgan fingerprint density at radius 1 is 1.00 bits per heavy atom. The molecule has 5 nitrogen and oxygen atoms in total. The maximum absolute atomic E-state index is 12.6. The molecule has 2 aromatic carbocycles. The van der Waals surface area contributed by atoms with E-state index in [1.807, 2.05) is 59.3 Å². The van der Waals surface area contributed by atoms with Crippen molar-refractivity contribution < 1.29 is 9.21 Å². The summed E-state index contributed by atoms with van der Waals surface area (Å²) in [5, 5.41) is 8.50. The number of para-hydroxylation sites is 1. The molecule has 0 fully saturated rings. The fourth-order valence-corrected chi connectivity index (χ4v) is 2.85. The molecule has 0 aliphatic rings. The predicted octanol–water partition coefficient (Wildman–Crippen LogP) is 3.89. The summed E-state index contributed by atoms with van der Waals surface area (Å²) in [5.74, 6) is 0.300. The first-order valence-corrected chi connectivity index (χ1v) is 7.74. The molecule has 5 heteroatoms. The number of fused-ring (bicyclic) bond motifs is 1. The van der Waals surface area contributed by atoms with Gasteiger partial charge in [-0.25, -0.2) is 4.68 Å². The third-order valence-corrected chi connectivity index (χ3v) is 4.03. The molecule has 4 aromatic rings. The number of aromatic nitrogens is 3. The lowest BCUT2D eigenvalue weighted by molar-refractivity contribution is 0.0940. The number of furan rings is 1. The van der Waals surface area contributed by atoms with E-state index in [4.69, 9.17) is 4.42 Å². The molecule has 0 amide bonds. The molecule has 4 rings (SSSR count). The molecule has 2 heterocycles. The third-order valence-electron chi connectivity index (χ3n) is 4.03. The van der Waals surface area contributed by atoms with Crippen LogP contribution in [0.1, 0.15) is 28.6 Å². The van der Waals surface area contributed by atoms with Crippen molar-refractivity contribution in [3.05, 3.63) is 84.3 Å². The lowest BCUT2D eigenvalue weighted by Gasteiger charge is -2.17. The highest BCUT2D eigenvalue weighted by atomic mass is 16.3. The topological polar surface area (TPSA) is 60.9 Å². The van der Waals surface area contributed by atoms with Gasteiger partial charge in [0.15, 0.2) is 11.5 Å². The largest absolute Gasteiger partial charge is 0.461 e. The maximum atomic E-state index is 12.6. The zero-order valence-corrected chi connectivity index (χ0v) is 12.9. The summed E-state index contributed by atoms with van der Waals surface area (Å²) in [5.41, 5.74) is 2.72. The van der Waals surface area contributed by atoms with Gasteiger partial charge in [-0.3, -0.25) is 4.79 Å². The molecule has 0 N–H and O–H groups in total. The smallest absolute Gasteiger partial charge is 0.200 e. The van der Waals surface area contributed by atoms with Crippen LogP contribution in [0.3, 0.4) is 0 Å². The molecule has 0 saturated heterocycles. The highest BCUT2D eigenvalue weighted by Gasteiger charge is 2.23. The Morgan fingerprint density at radius 2 is 1.79 bits per heavy atom. The van der Waals surface area contributed by atoms with Crippen LogP contribution in [0.15, 0.2) is 77.4 Å². The lowest BCUT2D eigenvalue weighted by Crippen LogP contribution is -2.16. The molecule has 24 heavy (non-hydrogen) atoms. The van der Waals surface area contributed by atoms with Crippen molar-refractivity contribution >= 4 is 16.8 Å². The monoisotopic (exact) mass is 317 g/mol. The van der Waals surface area contributed by atoms with Gasteiger partial charge in [0.05, 0.1) is 17.8 Å². The highest BCUT2D eigenvalue weighted by molar-refractivity contribution is 5.94. The normalized spacial score (nSPS) is 12.3. The van der Waals surface area contributed by atoms with Crippen molar-refractivity contribution in [1.29, 1.82) is 0 Å². The van der Waals surface area contributed by atoms with Crippen LogP contribution in [0.5, 0.6) is 0 Å². The van der Waals surface area contributed by atoms with E-state index in [0.717, 1.165) is 16.6 Å². The van der Waals surface area contributed by atoms with E-state index in [-0.39, 0.29) is 18.2 Å². The van der Waals surface area contributed by atoms with Gasteiger partial charge < -0.3 is 4.42 Å². The maximum Gasteiger partial charge on any atom is 0.200 e. The van der Waals surface area contributed by atoms with Gasteiger partial charge in [0.2, 0.25) is 0 Å². The SMILES string of the molecule is O=C(CC(c1ccccc1)n1nnc2ccccc21)c1ccco1. The molecule has 0 spiro atoms. The molecule has 0 saturated carbocycles. The average molecular weight is 317 g/mol. The van der Waals surface area contributed by atoms with E-state index >= 15 is 0 Å². The number of carbonyl (C=O) groups excluding carboxylic acids is 1. The van der Waals surface area contributed by atoms with Crippen molar-refractivity contribution in [3.8, 4) is 0 Å². The van der Waals surface area contributed by atoms with E-state index in [1.54, 1.807) is 12.1 Å². The van der Waals surface area contributed by atoms with Crippen LogP contribution in [0, 0.1) is 0 Å². The summed E-state index contributed by atoms with van der Waals surface area (Å²) < 4.78 is 7.05. The molecule has 1 unspecified atom stereocenters. The van der Waals surface area contributed by atoms with Gasteiger partial charge in [0.25, 0.3) is 0 Å². The molecule has 0 bridgehead atoms. The van der Waals surface area contributed by atoms with Crippen molar-refractivity contribution in [1.82, 2.24) is 15.0 Å². The molecule has 118 valence electrons. The van der Waals surface area contributed by atoms with Crippen LogP contribution in [0.4, 0.5) is 0 Å². The van der Waals surface area contributed by atoms with Gasteiger partial charge in [-0.05, 0) is 29.8 Å². The van der Waals surface area contributed by atoms with Crippen LogP contribution in [0.2, 0.25) is 0 Å². The number of carbonyl (C=O) groups is 1. The second-order valence-corrected chi connectivity index (χ2v) is 5.55. The second-order valence-electron chi connectivity index (χ2n) is 5.55. The van der Waals surface area contributed by atoms with Crippen molar-refractivity contribution in [2.24, 2.45) is 0 Å². The van der Waals surface area contributed by atoms with E-state index in [2.05, 4.69) is 10.3 Å². The molecular formula is C19H15N3O2. The zero-order chi connectivity index (χ0) is 16.4. The molecule has 0 radical (unpaired) electrons. The fraction of sp³-hybridized carbons (Fsp3) is 0.105. The summed E-state index contributed by atoms with van der Waals surface area (Å²) in [6, 6.07) is 20.8. The lowest BCUT2D eigenvalue weighted by atomic mass is 10.0. The molecule has 2 aromatic heterocycles. The van der Waals surface area contributed by atoms with E-state index in [9.17, 15) is 4.79 Å². The van der Waals surface area contributed by atoms with Crippen molar-refractivity contribution in [3.63, 3.8) is 0 Å². The van der Waals surface area contributed by atoms with E-state index < -0.39 is 0 Å². The van der Waals surface area contributed by atoms with Crippen LogP contribution >= 0.6 is 0 Å². The van der Waals surface area contributed by atoms with Crippen LogP contribution in [-0.2, 0) is 0 Å². The van der Waals surface area contributed by atoms with Crippen molar-refractivity contribution in [2.45, 2.75) is 12.5 Å². The number of Topliss-reactive ketones (excluding diaryl/α,β-unsaturated/α-hetero) is 1. The number of benzene rings is 2.